The number of aliphatic imine (C=N–C) groups is 1. The van der Waals surface area contributed by atoms with Gasteiger partial charge in [-0.15, -0.1) is 0 Å². The fraction of sp³-hybridized carbons (Fsp3) is 0.900. The second-order valence-corrected chi connectivity index (χ2v) is 3.51. The summed E-state index contributed by atoms with van der Waals surface area (Å²) in [7, 11) is 0. The zero-order chi connectivity index (χ0) is 8.10. The van der Waals surface area contributed by atoms with Crippen molar-refractivity contribution in [3.63, 3.8) is 0 Å². The first kappa shape index (κ1) is 8.76. The van der Waals surface area contributed by atoms with Gasteiger partial charge in [0.1, 0.15) is 0 Å². The minimum absolute atomic E-state index is 0.558. The largest absolute Gasteiger partial charge is 0.291 e. The first-order chi connectivity index (χ1) is 5.33. The molecular formula is C10H19N. The highest BCUT2D eigenvalue weighted by Gasteiger charge is 2.07. The Morgan fingerprint density at radius 3 is 2.45 bits per heavy atom. The van der Waals surface area contributed by atoms with Gasteiger partial charge in [-0.3, -0.25) is 4.99 Å². The lowest BCUT2D eigenvalue weighted by Gasteiger charge is -2.14. The molecule has 1 nitrogen and oxygen atoms in total. The second-order valence-electron chi connectivity index (χ2n) is 3.51. The minimum atomic E-state index is 0.558. The summed E-state index contributed by atoms with van der Waals surface area (Å²) in [6.07, 6.45) is 7.88. The van der Waals surface area contributed by atoms with Crippen LogP contribution in [0.2, 0.25) is 0 Å². The molecule has 64 valence electrons. The Hall–Kier alpha value is -0.330. The number of rotatable bonds is 2. The fourth-order valence-electron chi connectivity index (χ4n) is 1.49. The van der Waals surface area contributed by atoms with E-state index in [1.807, 2.05) is 0 Å². The standard InChI is InChI=1S/C10H19N/c1-3-9(2)11-10-7-5-4-6-8-10/h9H,3-8H2,1-2H3/t9-/m0/s1. The lowest BCUT2D eigenvalue weighted by Crippen LogP contribution is -2.08. The Bertz CT molecular complexity index is 130. The molecule has 0 amide bonds. The Morgan fingerprint density at radius 1 is 1.27 bits per heavy atom. The summed E-state index contributed by atoms with van der Waals surface area (Å²) in [5.41, 5.74) is 1.48. The molecule has 1 aliphatic rings. The van der Waals surface area contributed by atoms with Gasteiger partial charge >= 0.3 is 0 Å². The van der Waals surface area contributed by atoms with Crippen LogP contribution in [-0.4, -0.2) is 11.8 Å². The fourth-order valence-corrected chi connectivity index (χ4v) is 1.49. The van der Waals surface area contributed by atoms with Gasteiger partial charge in [0, 0.05) is 11.8 Å². The summed E-state index contributed by atoms with van der Waals surface area (Å²) in [6.45, 7) is 4.42. The Labute approximate surface area is 69.9 Å². The van der Waals surface area contributed by atoms with E-state index in [1.165, 1.54) is 44.2 Å². The van der Waals surface area contributed by atoms with Crippen LogP contribution in [0.15, 0.2) is 4.99 Å². The van der Waals surface area contributed by atoms with Gasteiger partial charge < -0.3 is 0 Å². The van der Waals surface area contributed by atoms with Crippen molar-refractivity contribution >= 4 is 5.71 Å². The normalized spacial score (nSPS) is 21.5. The van der Waals surface area contributed by atoms with Gasteiger partial charge in [0.15, 0.2) is 0 Å². The smallest absolute Gasteiger partial charge is 0.0468 e. The summed E-state index contributed by atoms with van der Waals surface area (Å²) >= 11 is 0. The van der Waals surface area contributed by atoms with E-state index in [1.54, 1.807) is 0 Å². The molecule has 1 rings (SSSR count). The number of nitrogens with zero attached hydrogens (tertiary/aromatic N) is 1. The maximum absolute atomic E-state index is 4.67. The predicted molar refractivity (Wildman–Crippen MR) is 50.3 cm³/mol. The zero-order valence-electron chi connectivity index (χ0n) is 7.77. The van der Waals surface area contributed by atoms with E-state index in [9.17, 15) is 0 Å². The van der Waals surface area contributed by atoms with Crippen LogP contribution in [0.5, 0.6) is 0 Å². The Morgan fingerprint density at radius 2 is 1.91 bits per heavy atom. The highest BCUT2D eigenvalue weighted by atomic mass is 14.8. The molecule has 0 radical (unpaired) electrons. The van der Waals surface area contributed by atoms with Crippen molar-refractivity contribution in [1.82, 2.24) is 0 Å². The van der Waals surface area contributed by atoms with E-state index in [0.717, 1.165) is 0 Å². The molecule has 1 heteroatoms. The van der Waals surface area contributed by atoms with Crippen molar-refractivity contribution < 1.29 is 0 Å². The lowest BCUT2D eigenvalue weighted by molar-refractivity contribution is 0.644. The van der Waals surface area contributed by atoms with E-state index >= 15 is 0 Å². The summed E-state index contributed by atoms with van der Waals surface area (Å²) in [5.74, 6) is 0. The van der Waals surface area contributed by atoms with Crippen molar-refractivity contribution in [3.8, 4) is 0 Å². The van der Waals surface area contributed by atoms with Crippen LogP contribution in [0.3, 0.4) is 0 Å². The predicted octanol–water partition coefficient (Wildman–Crippen LogP) is 3.19. The topological polar surface area (TPSA) is 12.4 Å². The molecule has 0 spiro atoms. The minimum Gasteiger partial charge on any atom is -0.291 e. The van der Waals surface area contributed by atoms with Gasteiger partial charge in [-0.25, -0.2) is 0 Å². The molecule has 11 heavy (non-hydrogen) atoms. The molecule has 0 heterocycles. The van der Waals surface area contributed by atoms with Crippen LogP contribution < -0.4 is 0 Å². The highest BCUT2D eigenvalue weighted by Crippen LogP contribution is 2.15. The van der Waals surface area contributed by atoms with E-state index in [4.69, 9.17) is 0 Å². The highest BCUT2D eigenvalue weighted by molar-refractivity contribution is 5.85. The van der Waals surface area contributed by atoms with E-state index < -0.39 is 0 Å². The van der Waals surface area contributed by atoms with Crippen molar-refractivity contribution in [1.29, 1.82) is 0 Å². The van der Waals surface area contributed by atoms with Gasteiger partial charge in [0.25, 0.3) is 0 Å². The SMILES string of the molecule is CC[C@H](C)N=C1CCCCC1. The third-order valence-electron chi connectivity index (χ3n) is 2.42. The summed E-state index contributed by atoms with van der Waals surface area (Å²) in [6, 6.07) is 0.558. The van der Waals surface area contributed by atoms with Crippen LogP contribution >= 0.6 is 0 Å². The average molecular weight is 153 g/mol. The number of hydrogen-bond donors (Lipinski definition) is 0. The first-order valence-electron chi connectivity index (χ1n) is 4.88. The molecule has 0 aromatic carbocycles. The lowest BCUT2D eigenvalue weighted by atomic mass is 9.98. The van der Waals surface area contributed by atoms with Gasteiger partial charge in [-0.1, -0.05) is 13.3 Å². The molecule has 1 atom stereocenters. The molecule has 0 N–H and O–H groups in total. The van der Waals surface area contributed by atoms with Crippen LogP contribution in [0, 0.1) is 0 Å². The maximum Gasteiger partial charge on any atom is 0.0468 e. The van der Waals surface area contributed by atoms with E-state index in [-0.39, 0.29) is 0 Å². The van der Waals surface area contributed by atoms with Crippen molar-refractivity contribution in [2.45, 2.75) is 58.4 Å². The van der Waals surface area contributed by atoms with E-state index in [0.29, 0.717) is 6.04 Å². The molecule has 0 bridgehead atoms. The van der Waals surface area contributed by atoms with Crippen LogP contribution in [-0.2, 0) is 0 Å². The quantitative estimate of drug-likeness (QED) is 0.577. The summed E-state index contributed by atoms with van der Waals surface area (Å²) in [4.78, 5) is 4.67. The molecular weight excluding hydrogens is 134 g/mol. The zero-order valence-corrected chi connectivity index (χ0v) is 7.77. The van der Waals surface area contributed by atoms with Crippen molar-refractivity contribution in [2.24, 2.45) is 4.99 Å². The molecule has 0 saturated heterocycles. The molecule has 0 aromatic rings. The van der Waals surface area contributed by atoms with Crippen LogP contribution in [0.1, 0.15) is 52.4 Å². The average Bonchev–Trinajstić information content (AvgIpc) is 2.06. The van der Waals surface area contributed by atoms with Gasteiger partial charge in [-0.05, 0) is 39.0 Å². The number of hydrogen-bond acceptors (Lipinski definition) is 1. The molecule has 0 aliphatic heterocycles. The molecule has 0 unspecified atom stereocenters. The third kappa shape index (κ3) is 3.04. The van der Waals surface area contributed by atoms with Crippen LogP contribution in [0.25, 0.3) is 0 Å². The molecule has 1 saturated carbocycles. The monoisotopic (exact) mass is 153 g/mol. The Balaban J connectivity index is 2.37. The van der Waals surface area contributed by atoms with Crippen molar-refractivity contribution in [2.75, 3.05) is 0 Å². The molecule has 1 aliphatic carbocycles. The summed E-state index contributed by atoms with van der Waals surface area (Å²) < 4.78 is 0. The van der Waals surface area contributed by atoms with Crippen LogP contribution in [0.4, 0.5) is 0 Å². The Kier molecular flexibility index (Phi) is 3.61. The van der Waals surface area contributed by atoms with Crippen molar-refractivity contribution in [3.05, 3.63) is 0 Å². The van der Waals surface area contributed by atoms with Gasteiger partial charge in [0.05, 0.1) is 0 Å². The third-order valence-corrected chi connectivity index (χ3v) is 2.42. The maximum atomic E-state index is 4.67. The van der Waals surface area contributed by atoms with Gasteiger partial charge in [-0.2, -0.15) is 0 Å². The molecule has 1 fully saturated rings. The van der Waals surface area contributed by atoms with Gasteiger partial charge in [0.2, 0.25) is 0 Å². The summed E-state index contributed by atoms with van der Waals surface area (Å²) in [5, 5.41) is 0. The molecule has 0 aromatic heterocycles. The first-order valence-corrected chi connectivity index (χ1v) is 4.88. The second kappa shape index (κ2) is 4.53. The van der Waals surface area contributed by atoms with E-state index in [2.05, 4.69) is 18.8 Å².